The van der Waals surface area contributed by atoms with Gasteiger partial charge in [-0.15, -0.1) is 11.6 Å². The van der Waals surface area contributed by atoms with E-state index >= 15 is 0 Å². The van der Waals surface area contributed by atoms with Gasteiger partial charge in [0.2, 0.25) is 13.6 Å². The fraction of sp³-hybridized carbons (Fsp3) is 0.714. The van der Waals surface area contributed by atoms with Gasteiger partial charge in [-0.1, -0.05) is 0 Å². The van der Waals surface area contributed by atoms with Gasteiger partial charge < -0.3 is 33.9 Å². The second-order valence-corrected chi connectivity index (χ2v) is 10.7. The third kappa shape index (κ3) is 10.5. The zero-order valence-electron chi connectivity index (χ0n) is 22.7. The molecule has 3 atom stereocenters. The molecule has 1 aromatic heterocycles. The van der Waals surface area contributed by atoms with E-state index in [1.807, 2.05) is 4.98 Å². The van der Waals surface area contributed by atoms with Gasteiger partial charge in [0.25, 0.3) is 5.56 Å². The quantitative estimate of drug-likeness (QED) is 0.103. The molecule has 0 fully saturated rings. The van der Waals surface area contributed by atoms with Crippen molar-refractivity contribution < 1.29 is 61.6 Å². The first-order valence-electron chi connectivity index (χ1n) is 11.6. The first-order chi connectivity index (χ1) is 18.5. The minimum Gasteiger partial charge on any atom is -0.432 e. The van der Waals surface area contributed by atoms with Gasteiger partial charge in [-0.3, -0.25) is 18.9 Å². The van der Waals surface area contributed by atoms with Crippen LogP contribution >= 0.6 is 19.4 Å². The molecule has 17 nitrogen and oxygen atoms in total. The molecule has 230 valence electrons. The Hall–Kier alpha value is -2.50. The van der Waals surface area contributed by atoms with Crippen LogP contribution in [0.5, 0.6) is 0 Å². The standard InChI is InChI=1S/C21H34ClN2O15P/c1-13(2)38-18(28)33-11-36-40(31,37-12-34-19(29)39-14(3)4)35-10-21(9-22,32-6)16(26)20(5,30)24-8-7-15(25)23-17(24)27/h7-8,13-14,16,26,30H,9-12H2,1-6H3,(H,23,25,27)/t16-,20+,21+/m0/s1. The number of rotatable bonds is 16. The van der Waals surface area contributed by atoms with E-state index in [4.69, 9.17) is 39.4 Å². The van der Waals surface area contributed by atoms with Gasteiger partial charge in [0, 0.05) is 19.4 Å². The van der Waals surface area contributed by atoms with Gasteiger partial charge in [-0.25, -0.2) is 28.0 Å². The number of hydrogen-bond donors (Lipinski definition) is 3. The van der Waals surface area contributed by atoms with Crippen LogP contribution in [0.15, 0.2) is 21.9 Å². The number of alkyl halides is 1. The van der Waals surface area contributed by atoms with Crippen LogP contribution in [0.1, 0.15) is 34.6 Å². The lowest BCUT2D eigenvalue weighted by Crippen LogP contribution is -2.62. The van der Waals surface area contributed by atoms with E-state index in [0.717, 1.165) is 26.3 Å². The van der Waals surface area contributed by atoms with Gasteiger partial charge in [0.1, 0.15) is 11.7 Å². The van der Waals surface area contributed by atoms with Crippen LogP contribution in [0.25, 0.3) is 0 Å². The number of halogens is 1. The molecule has 0 saturated carbocycles. The van der Waals surface area contributed by atoms with Crippen LogP contribution in [0.3, 0.4) is 0 Å². The third-order valence-electron chi connectivity index (χ3n) is 4.87. The fourth-order valence-corrected chi connectivity index (χ4v) is 4.15. The van der Waals surface area contributed by atoms with Crippen LogP contribution in [-0.4, -0.2) is 89.2 Å². The molecular formula is C21H34ClN2O15P. The van der Waals surface area contributed by atoms with Crippen LogP contribution < -0.4 is 11.2 Å². The van der Waals surface area contributed by atoms with E-state index < -0.39 is 87.1 Å². The molecule has 19 heteroatoms. The number of aliphatic hydroxyl groups is 2. The molecule has 3 N–H and O–H groups in total. The average molecular weight is 621 g/mol. The summed E-state index contributed by atoms with van der Waals surface area (Å²) in [6.45, 7) is 4.21. The summed E-state index contributed by atoms with van der Waals surface area (Å²) in [4.78, 5) is 48.8. The maximum absolute atomic E-state index is 13.3. The SMILES string of the molecule is CO[C@](CCl)(COP(=O)(OCOC(=O)OC(C)C)OCOC(=O)OC(C)C)[C@@H](O)[C@@](C)(O)n1ccc(=O)[nH]c1=O. The number of carbonyl (C=O) groups is 2. The Balaban J connectivity index is 3.16. The predicted molar refractivity (Wildman–Crippen MR) is 135 cm³/mol. The molecule has 40 heavy (non-hydrogen) atoms. The number of nitrogens with one attached hydrogen (secondary N) is 1. The Bertz CT molecular complexity index is 1100. The first-order valence-corrected chi connectivity index (χ1v) is 13.6. The maximum Gasteiger partial charge on any atom is 0.510 e. The second-order valence-electron chi connectivity index (χ2n) is 8.72. The van der Waals surface area contributed by atoms with Crippen molar-refractivity contribution in [3.05, 3.63) is 33.1 Å². The van der Waals surface area contributed by atoms with E-state index in [0.29, 0.717) is 4.57 Å². The van der Waals surface area contributed by atoms with E-state index in [9.17, 15) is 34.0 Å². The van der Waals surface area contributed by atoms with Crippen molar-refractivity contribution in [3.63, 3.8) is 0 Å². The predicted octanol–water partition coefficient (Wildman–Crippen LogP) is 1.38. The van der Waals surface area contributed by atoms with Gasteiger partial charge in [0.15, 0.2) is 5.72 Å². The number of ether oxygens (including phenoxy) is 5. The summed E-state index contributed by atoms with van der Waals surface area (Å²) < 4.78 is 53.0. The number of methoxy groups -OCH3 is 1. The number of aromatic nitrogens is 2. The zero-order valence-corrected chi connectivity index (χ0v) is 24.3. The van der Waals surface area contributed by atoms with E-state index in [-0.39, 0.29) is 0 Å². The number of aliphatic hydroxyl groups excluding tert-OH is 1. The van der Waals surface area contributed by atoms with Crippen molar-refractivity contribution in [1.82, 2.24) is 9.55 Å². The number of nitrogens with zero attached hydrogens (tertiary/aromatic N) is 1. The molecule has 0 saturated heterocycles. The minimum absolute atomic E-state index is 0.539. The topological polar surface area (TPSA) is 220 Å². The van der Waals surface area contributed by atoms with Gasteiger partial charge in [0.05, 0.1) is 24.7 Å². The number of carbonyl (C=O) groups excluding carboxylic acids is 2. The molecule has 0 unspecified atom stereocenters. The number of aromatic amines is 1. The number of phosphoric acid groups is 1. The van der Waals surface area contributed by atoms with Crippen molar-refractivity contribution in [2.75, 3.05) is 33.2 Å². The van der Waals surface area contributed by atoms with E-state index in [1.54, 1.807) is 27.7 Å². The Morgan fingerprint density at radius 1 is 1.05 bits per heavy atom. The largest absolute Gasteiger partial charge is 0.510 e. The lowest BCUT2D eigenvalue weighted by Gasteiger charge is -2.42. The zero-order chi connectivity index (χ0) is 30.7. The molecule has 0 spiro atoms. The summed E-state index contributed by atoms with van der Waals surface area (Å²) in [5.41, 5.74) is -6.43. The molecule has 0 aliphatic rings. The van der Waals surface area contributed by atoms with E-state index in [1.165, 1.54) is 0 Å². The Kier molecular flexibility index (Phi) is 13.8. The van der Waals surface area contributed by atoms with Crippen LogP contribution in [0, 0.1) is 0 Å². The van der Waals surface area contributed by atoms with Crippen molar-refractivity contribution >= 4 is 31.7 Å². The van der Waals surface area contributed by atoms with Crippen molar-refractivity contribution in [1.29, 1.82) is 0 Å². The molecule has 0 bridgehead atoms. The molecule has 0 radical (unpaired) electrons. The summed E-state index contributed by atoms with van der Waals surface area (Å²) in [6.07, 6.45) is -4.61. The summed E-state index contributed by atoms with van der Waals surface area (Å²) in [5, 5.41) is 22.1. The third-order valence-corrected chi connectivity index (χ3v) is 6.61. The normalized spacial score (nSPS) is 15.7. The lowest BCUT2D eigenvalue weighted by molar-refractivity contribution is -0.215. The van der Waals surface area contributed by atoms with Crippen LogP contribution in [0.4, 0.5) is 9.59 Å². The Morgan fingerprint density at radius 2 is 1.55 bits per heavy atom. The Morgan fingerprint density at radius 3 is 1.95 bits per heavy atom. The molecule has 1 aromatic rings. The van der Waals surface area contributed by atoms with Crippen molar-refractivity contribution in [2.45, 2.75) is 64.3 Å². The highest BCUT2D eigenvalue weighted by atomic mass is 35.5. The van der Waals surface area contributed by atoms with Crippen LogP contribution in [0.2, 0.25) is 0 Å². The number of H-pyrrole nitrogens is 1. The molecule has 1 heterocycles. The second kappa shape index (κ2) is 15.5. The molecule has 0 aromatic carbocycles. The van der Waals surface area contributed by atoms with Gasteiger partial charge in [-0.2, -0.15) is 0 Å². The van der Waals surface area contributed by atoms with E-state index in [2.05, 4.69) is 9.47 Å². The molecule has 1 rings (SSSR count). The lowest BCUT2D eigenvalue weighted by atomic mass is 9.91. The summed E-state index contributed by atoms with van der Waals surface area (Å²) in [7, 11) is -3.76. The van der Waals surface area contributed by atoms with Gasteiger partial charge >= 0.3 is 25.8 Å². The summed E-state index contributed by atoms with van der Waals surface area (Å²) in [5.74, 6) is -0.632. The maximum atomic E-state index is 13.3. The van der Waals surface area contributed by atoms with Crippen molar-refractivity contribution in [2.24, 2.45) is 0 Å². The smallest absolute Gasteiger partial charge is 0.432 e. The van der Waals surface area contributed by atoms with Crippen LogP contribution in [-0.2, 0) is 47.5 Å². The highest BCUT2D eigenvalue weighted by Crippen LogP contribution is 2.50. The number of phosphoric ester groups is 1. The molecule has 0 aliphatic carbocycles. The average Bonchev–Trinajstić information content (AvgIpc) is 2.83. The molecule has 0 aliphatic heterocycles. The molecular weight excluding hydrogens is 587 g/mol. The summed E-state index contributed by atoms with van der Waals surface area (Å²) in [6, 6.07) is 0.915. The molecule has 0 amide bonds. The highest BCUT2D eigenvalue weighted by molar-refractivity contribution is 7.48. The fourth-order valence-electron chi connectivity index (χ4n) is 2.85. The van der Waals surface area contributed by atoms with Gasteiger partial charge in [-0.05, 0) is 34.6 Å². The minimum atomic E-state index is -4.82. The Labute approximate surface area is 233 Å². The highest BCUT2D eigenvalue weighted by Gasteiger charge is 2.51. The number of hydrogen-bond acceptors (Lipinski definition) is 15. The monoisotopic (exact) mass is 620 g/mol. The first kappa shape index (κ1) is 35.5. The summed E-state index contributed by atoms with van der Waals surface area (Å²) >= 11 is 6.03. The van der Waals surface area contributed by atoms with Crippen molar-refractivity contribution in [3.8, 4) is 0 Å².